The maximum absolute atomic E-state index is 14.0. The van der Waals surface area contributed by atoms with Crippen LogP contribution in [0.3, 0.4) is 0 Å². The Bertz CT molecular complexity index is 922. The van der Waals surface area contributed by atoms with Crippen molar-refractivity contribution in [1.29, 1.82) is 0 Å². The second-order valence-electron chi connectivity index (χ2n) is 6.31. The Morgan fingerprint density at radius 3 is 2.92 bits per heavy atom. The second kappa shape index (κ2) is 5.83. The van der Waals surface area contributed by atoms with Gasteiger partial charge in [0.25, 0.3) is 0 Å². The molecule has 2 N–H and O–H groups in total. The number of aryl methyl sites for hydroxylation is 1. The molecule has 0 bridgehead atoms. The molecular formula is C16H17FN6O2. The fourth-order valence-corrected chi connectivity index (χ4v) is 3.53. The number of nitrogens with one attached hydrogen (secondary N) is 1. The molecule has 0 aliphatic heterocycles. The number of imidazole rings is 1. The Morgan fingerprint density at radius 2 is 2.24 bits per heavy atom. The number of rotatable bonds is 4. The Morgan fingerprint density at radius 1 is 1.40 bits per heavy atom. The van der Waals surface area contributed by atoms with Crippen molar-refractivity contribution in [3.05, 3.63) is 36.4 Å². The number of carboxylic acids is 1. The normalized spacial score (nSPS) is 23.2. The lowest BCUT2D eigenvalue weighted by Gasteiger charge is -2.21. The molecule has 1 aromatic carbocycles. The molecule has 0 amide bonds. The lowest BCUT2D eigenvalue weighted by Crippen LogP contribution is -2.28. The van der Waals surface area contributed by atoms with Crippen molar-refractivity contribution in [3.8, 4) is 0 Å². The summed E-state index contributed by atoms with van der Waals surface area (Å²) in [6, 6.07) is 4.44. The predicted molar refractivity (Wildman–Crippen MR) is 87.5 cm³/mol. The van der Waals surface area contributed by atoms with Crippen LogP contribution in [-0.2, 0) is 11.8 Å². The number of benzene rings is 1. The summed E-state index contributed by atoms with van der Waals surface area (Å²) in [5.41, 5.74) is 0.963. The molecule has 0 saturated heterocycles. The summed E-state index contributed by atoms with van der Waals surface area (Å²) in [6.07, 6.45) is 4.17. The Labute approximate surface area is 142 Å². The van der Waals surface area contributed by atoms with E-state index in [-0.39, 0.29) is 23.4 Å². The predicted octanol–water partition coefficient (Wildman–Crippen LogP) is 1.82. The summed E-state index contributed by atoms with van der Waals surface area (Å²) in [7, 11) is 1.80. The summed E-state index contributed by atoms with van der Waals surface area (Å²) in [5, 5.41) is 20.5. The molecule has 0 spiro atoms. The van der Waals surface area contributed by atoms with Gasteiger partial charge in [0.05, 0.1) is 29.7 Å². The van der Waals surface area contributed by atoms with Crippen LogP contribution in [0.25, 0.3) is 11.0 Å². The highest BCUT2D eigenvalue weighted by molar-refractivity contribution is 5.79. The van der Waals surface area contributed by atoms with Gasteiger partial charge in [-0.1, -0.05) is 11.3 Å². The first kappa shape index (κ1) is 15.6. The summed E-state index contributed by atoms with van der Waals surface area (Å²) in [5.74, 6) is -1.19. The highest BCUT2D eigenvalue weighted by Gasteiger charge is 2.40. The minimum absolute atomic E-state index is 0.159. The Kier molecular flexibility index (Phi) is 3.63. The molecule has 8 nitrogen and oxygen atoms in total. The van der Waals surface area contributed by atoms with Crippen molar-refractivity contribution in [2.75, 3.05) is 5.32 Å². The van der Waals surface area contributed by atoms with Crippen LogP contribution in [-0.4, -0.2) is 41.7 Å². The lowest BCUT2D eigenvalue weighted by atomic mass is 10.1. The lowest BCUT2D eigenvalue weighted by molar-refractivity contribution is -0.141. The molecule has 1 aliphatic carbocycles. The van der Waals surface area contributed by atoms with Crippen LogP contribution in [0.4, 0.5) is 10.3 Å². The van der Waals surface area contributed by atoms with Crippen LogP contribution in [0.15, 0.2) is 30.6 Å². The van der Waals surface area contributed by atoms with Crippen molar-refractivity contribution < 1.29 is 14.3 Å². The van der Waals surface area contributed by atoms with E-state index in [0.29, 0.717) is 24.3 Å². The molecule has 3 atom stereocenters. The zero-order valence-corrected chi connectivity index (χ0v) is 13.5. The SMILES string of the molecule is Cn1c(N[C@@H]2CC(C(=O)O)C[C@@H]2n2ccnn2)nc2c(F)cccc21. The first-order valence-electron chi connectivity index (χ1n) is 8.00. The molecule has 1 aliphatic rings. The summed E-state index contributed by atoms with van der Waals surface area (Å²) < 4.78 is 17.4. The molecule has 25 heavy (non-hydrogen) atoms. The first-order chi connectivity index (χ1) is 12.0. The highest BCUT2D eigenvalue weighted by Crippen LogP contribution is 2.36. The molecule has 0 radical (unpaired) electrons. The number of hydrogen-bond donors (Lipinski definition) is 2. The van der Waals surface area contributed by atoms with Gasteiger partial charge in [-0.15, -0.1) is 5.10 Å². The van der Waals surface area contributed by atoms with Gasteiger partial charge < -0.3 is 15.0 Å². The number of nitrogens with zero attached hydrogens (tertiary/aromatic N) is 5. The molecule has 130 valence electrons. The van der Waals surface area contributed by atoms with E-state index >= 15 is 0 Å². The number of halogens is 1. The smallest absolute Gasteiger partial charge is 0.306 e. The van der Waals surface area contributed by atoms with Gasteiger partial charge in [-0.2, -0.15) is 0 Å². The quantitative estimate of drug-likeness (QED) is 0.749. The Balaban J connectivity index is 1.67. The van der Waals surface area contributed by atoms with Crippen LogP contribution in [0.1, 0.15) is 18.9 Å². The van der Waals surface area contributed by atoms with Crippen molar-refractivity contribution in [3.63, 3.8) is 0 Å². The molecule has 1 unspecified atom stereocenters. The van der Waals surface area contributed by atoms with Crippen molar-refractivity contribution in [2.24, 2.45) is 13.0 Å². The van der Waals surface area contributed by atoms with E-state index in [4.69, 9.17) is 0 Å². The highest BCUT2D eigenvalue weighted by atomic mass is 19.1. The van der Waals surface area contributed by atoms with E-state index < -0.39 is 11.9 Å². The third-order valence-electron chi connectivity index (χ3n) is 4.84. The minimum atomic E-state index is -0.828. The first-order valence-corrected chi connectivity index (χ1v) is 8.00. The standard InChI is InChI=1S/C16H17FN6O2/c1-22-12-4-2-3-10(17)14(12)20-16(22)19-11-7-9(15(24)25)8-13(11)23-6-5-18-21-23/h2-6,9,11,13H,7-8H2,1H3,(H,19,20)(H,24,25)/t9?,11-,13+/m1/s1. The fourth-order valence-electron chi connectivity index (χ4n) is 3.53. The number of carboxylic acid groups (broad SMARTS) is 1. The molecule has 1 fully saturated rings. The van der Waals surface area contributed by atoms with Crippen LogP contribution in [0.5, 0.6) is 0 Å². The van der Waals surface area contributed by atoms with Gasteiger partial charge in [0.2, 0.25) is 5.95 Å². The fraction of sp³-hybridized carbons (Fsp3) is 0.375. The van der Waals surface area contributed by atoms with E-state index in [0.717, 1.165) is 0 Å². The van der Waals surface area contributed by atoms with E-state index in [1.54, 1.807) is 40.8 Å². The molecule has 3 aromatic rings. The largest absolute Gasteiger partial charge is 0.481 e. The topological polar surface area (TPSA) is 97.9 Å². The van der Waals surface area contributed by atoms with Gasteiger partial charge in [-0.25, -0.2) is 14.1 Å². The molecule has 2 heterocycles. The average molecular weight is 344 g/mol. The van der Waals surface area contributed by atoms with Crippen LogP contribution < -0.4 is 5.32 Å². The molecule has 1 saturated carbocycles. The average Bonchev–Trinajstić information content (AvgIpc) is 3.29. The molecular weight excluding hydrogens is 327 g/mol. The monoisotopic (exact) mass is 344 g/mol. The number of para-hydroxylation sites is 1. The van der Waals surface area contributed by atoms with E-state index in [9.17, 15) is 14.3 Å². The minimum Gasteiger partial charge on any atom is -0.481 e. The maximum Gasteiger partial charge on any atom is 0.306 e. The summed E-state index contributed by atoms with van der Waals surface area (Å²) in [6.45, 7) is 0. The van der Waals surface area contributed by atoms with Crippen LogP contribution in [0, 0.1) is 11.7 Å². The maximum atomic E-state index is 14.0. The van der Waals surface area contributed by atoms with Crippen molar-refractivity contribution in [1.82, 2.24) is 24.5 Å². The molecule has 2 aromatic heterocycles. The zero-order chi connectivity index (χ0) is 17.6. The van der Waals surface area contributed by atoms with Gasteiger partial charge in [0.1, 0.15) is 5.52 Å². The second-order valence-corrected chi connectivity index (χ2v) is 6.31. The van der Waals surface area contributed by atoms with Crippen LogP contribution in [0.2, 0.25) is 0 Å². The summed E-state index contributed by atoms with van der Waals surface area (Å²) >= 11 is 0. The van der Waals surface area contributed by atoms with E-state index in [1.807, 2.05) is 0 Å². The van der Waals surface area contributed by atoms with Gasteiger partial charge in [-0.05, 0) is 25.0 Å². The van der Waals surface area contributed by atoms with Crippen molar-refractivity contribution >= 4 is 23.0 Å². The summed E-state index contributed by atoms with van der Waals surface area (Å²) in [4.78, 5) is 15.8. The number of aliphatic carboxylic acids is 1. The number of carbonyl (C=O) groups is 1. The van der Waals surface area contributed by atoms with Crippen LogP contribution >= 0.6 is 0 Å². The van der Waals surface area contributed by atoms with Gasteiger partial charge in [-0.3, -0.25) is 4.79 Å². The number of aromatic nitrogens is 5. The molecule has 4 rings (SSSR count). The number of fused-ring (bicyclic) bond motifs is 1. The number of anilines is 1. The number of hydrogen-bond acceptors (Lipinski definition) is 5. The van der Waals surface area contributed by atoms with Gasteiger partial charge in [0.15, 0.2) is 5.82 Å². The van der Waals surface area contributed by atoms with E-state index in [2.05, 4.69) is 20.6 Å². The zero-order valence-electron chi connectivity index (χ0n) is 13.5. The Hall–Kier alpha value is -2.97. The van der Waals surface area contributed by atoms with Crippen molar-refractivity contribution in [2.45, 2.75) is 24.9 Å². The molecule has 9 heteroatoms. The third kappa shape index (κ3) is 2.61. The van der Waals surface area contributed by atoms with Gasteiger partial charge in [0, 0.05) is 13.2 Å². The van der Waals surface area contributed by atoms with Gasteiger partial charge >= 0.3 is 5.97 Å². The van der Waals surface area contributed by atoms with E-state index in [1.165, 1.54) is 6.07 Å². The third-order valence-corrected chi connectivity index (χ3v) is 4.84.